The van der Waals surface area contributed by atoms with Gasteiger partial charge in [-0.3, -0.25) is 4.72 Å². The Morgan fingerprint density at radius 3 is 2.88 bits per heavy atom. The molecule has 0 aliphatic carbocycles. The van der Waals surface area contributed by atoms with E-state index < -0.39 is 21.1 Å². The highest BCUT2D eigenvalue weighted by molar-refractivity contribution is 7.93. The van der Waals surface area contributed by atoms with Gasteiger partial charge in [0.05, 0.1) is 11.4 Å². The Morgan fingerprint density at radius 1 is 1.47 bits per heavy atom. The third kappa shape index (κ3) is 3.13. The molecule has 17 heavy (non-hydrogen) atoms. The van der Waals surface area contributed by atoms with Gasteiger partial charge in [-0.25, -0.2) is 17.8 Å². The van der Waals surface area contributed by atoms with Crippen LogP contribution in [-0.4, -0.2) is 31.7 Å². The van der Waals surface area contributed by atoms with Crippen LogP contribution in [0.4, 0.5) is 10.2 Å². The SMILES string of the molecule is O=S(=O)(Nc1ccc(F)cn1)C1CCCNC1. The second-order valence-electron chi connectivity index (χ2n) is 3.98. The molecule has 0 bridgehead atoms. The molecule has 5 nitrogen and oxygen atoms in total. The zero-order valence-electron chi connectivity index (χ0n) is 9.19. The molecule has 2 N–H and O–H groups in total. The van der Waals surface area contributed by atoms with E-state index in [0.717, 1.165) is 19.2 Å². The fourth-order valence-corrected chi connectivity index (χ4v) is 3.14. The lowest BCUT2D eigenvalue weighted by atomic mass is 10.2. The molecule has 1 atom stereocenters. The number of rotatable bonds is 3. The van der Waals surface area contributed by atoms with Crippen LogP contribution in [0.5, 0.6) is 0 Å². The predicted molar refractivity (Wildman–Crippen MR) is 62.6 cm³/mol. The van der Waals surface area contributed by atoms with Gasteiger partial charge >= 0.3 is 0 Å². The first-order valence-electron chi connectivity index (χ1n) is 5.42. The van der Waals surface area contributed by atoms with Crippen molar-refractivity contribution in [2.75, 3.05) is 17.8 Å². The molecule has 1 saturated heterocycles. The molecule has 1 aromatic heterocycles. The molecule has 1 aromatic rings. The number of halogens is 1. The van der Waals surface area contributed by atoms with Crippen LogP contribution >= 0.6 is 0 Å². The molecule has 1 fully saturated rings. The minimum atomic E-state index is -3.45. The maximum atomic E-state index is 12.6. The standard InChI is InChI=1S/C10H14FN3O2S/c11-8-3-4-10(13-6-8)14-17(15,16)9-2-1-5-12-7-9/h3-4,6,9,12H,1-2,5,7H2,(H,13,14). The summed E-state index contributed by atoms with van der Waals surface area (Å²) in [5.74, 6) is -0.343. The van der Waals surface area contributed by atoms with Gasteiger partial charge in [0.2, 0.25) is 10.0 Å². The summed E-state index contributed by atoms with van der Waals surface area (Å²) in [7, 11) is -3.45. The summed E-state index contributed by atoms with van der Waals surface area (Å²) in [6, 6.07) is 2.48. The van der Waals surface area contributed by atoms with E-state index in [-0.39, 0.29) is 5.82 Å². The van der Waals surface area contributed by atoms with Crippen LogP contribution in [0.1, 0.15) is 12.8 Å². The lowest BCUT2D eigenvalue weighted by molar-refractivity contribution is 0.499. The fraction of sp³-hybridized carbons (Fsp3) is 0.500. The first-order valence-corrected chi connectivity index (χ1v) is 6.96. The maximum Gasteiger partial charge on any atom is 0.238 e. The van der Waals surface area contributed by atoms with Crippen molar-refractivity contribution in [3.05, 3.63) is 24.1 Å². The number of aromatic nitrogens is 1. The van der Waals surface area contributed by atoms with Crippen molar-refractivity contribution in [3.63, 3.8) is 0 Å². The van der Waals surface area contributed by atoms with Crippen molar-refractivity contribution < 1.29 is 12.8 Å². The van der Waals surface area contributed by atoms with Crippen molar-refractivity contribution in [2.45, 2.75) is 18.1 Å². The number of nitrogens with zero attached hydrogens (tertiary/aromatic N) is 1. The first-order chi connectivity index (χ1) is 8.08. The van der Waals surface area contributed by atoms with E-state index in [9.17, 15) is 12.8 Å². The molecule has 1 aliphatic rings. The van der Waals surface area contributed by atoms with Gasteiger partial charge in [0, 0.05) is 6.54 Å². The van der Waals surface area contributed by atoms with Crippen molar-refractivity contribution >= 4 is 15.8 Å². The van der Waals surface area contributed by atoms with Crippen molar-refractivity contribution in [2.24, 2.45) is 0 Å². The minimum absolute atomic E-state index is 0.150. The van der Waals surface area contributed by atoms with Gasteiger partial charge in [-0.2, -0.15) is 0 Å². The molecule has 0 aromatic carbocycles. The molecule has 1 unspecified atom stereocenters. The van der Waals surface area contributed by atoms with E-state index >= 15 is 0 Å². The van der Waals surface area contributed by atoms with E-state index in [1.165, 1.54) is 12.1 Å². The highest BCUT2D eigenvalue weighted by Gasteiger charge is 2.27. The van der Waals surface area contributed by atoms with Crippen molar-refractivity contribution in [3.8, 4) is 0 Å². The molecule has 2 heterocycles. The first kappa shape index (κ1) is 12.3. The Morgan fingerprint density at radius 2 is 2.29 bits per heavy atom. The van der Waals surface area contributed by atoms with Crippen LogP contribution in [0.15, 0.2) is 18.3 Å². The third-order valence-electron chi connectivity index (χ3n) is 2.66. The van der Waals surface area contributed by atoms with Crippen LogP contribution in [0.2, 0.25) is 0 Å². The van der Waals surface area contributed by atoms with E-state index in [1.807, 2.05) is 0 Å². The van der Waals surface area contributed by atoms with Gasteiger partial charge in [-0.15, -0.1) is 0 Å². The second kappa shape index (κ2) is 4.97. The largest absolute Gasteiger partial charge is 0.315 e. The smallest absolute Gasteiger partial charge is 0.238 e. The molecule has 1 aliphatic heterocycles. The number of sulfonamides is 1. The third-order valence-corrected chi connectivity index (χ3v) is 4.44. The van der Waals surface area contributed by atoms with Crippen LogP contribution < -0.4 is 10.0 Å². The lowest BCUT2D eigenvalue weighted by Crippen LogP contribution is -2.41. The molecular weight excluding hydrogens is 245 g/mol. The Balaban J connectivity index is 2.08. The molecular formula is C10H14FN3O2S. The summed E-state index contributed by atoms with van der Waals surface area (Å²) in [4.78, 5) is 3.67. The summed E-state index contributed by atoms with van der Waals surface area (Å²) in [5.41, 5.74) is 0. The highest BCUT2D eigenvalue weighted by Crippen LogP contribution is 2.15. The summed E-state index contributed by atoms with van der Waals surface area (Å²) in [5, 5.41) is 2.58. The average molecular weight is 259 g/mol. The molecule has 7 heteroatoms. The molecule has 0 saturated carbocycles. The minimum Gasteiger partial charge on any atom is -0.315 e. The number of hydrogen-bond acceptors (Lipinski definition) is 4. The summed E-state index contributed by atoms with van der Waals surface area (Å²) >= 11 is 0. The Bertz CT molecular complexity index is 469. The summed E-state index contributed by atoms with van der Waals surface area (Å²) in [6.07, 6.45) is 2.45. The molecule has 94 valence electrons. The van der Waals surface area contributed by atoms with Gasteiger partial charge in [0.15, 0.2) is 0 Å². The van der Waals surface area contributed by atoms with Gasteiger partial charge in [-0.05, 0) is 31.5 Å². The molecule has 0 spiro atoms. The predicted octanol–water partition coefficient (Wildman–Crippen LogP) is 0.714. The Labute approximate surface area is 99.5 Å². The number of piperidine rings is 1. The van der Waals surface area contributed by atoms with Crippen LogP contribution in [0, 0.1) is 5.82 Å². The monoisotopic (exact) mass is 259 g/mol. The number of nitrogens with one attached hydrogen (secondary N) is 2. The molecule has 0 amide bonds. The maximum absolute atomic E-state index is 12.6. The van der Waals surface area contributed by atoms with E-state index in [2.05, 4.69) is 15.0 Å². The van der Waals surface area contributed by atoms with E-state index in [1.54, 1.807) is 0 Å². The average Bonchev–Trinajstić information content (AvgIpc) is 2.33. The topological polar surface area (TPSA) is 71.1 Å². The normalized spacial score (nSPS) is 21.1. The van der Waals surface area contributed by atoms with Crippen LogP contribution in [-0.2, 0) is 10.0 Å². The van der Waals surface area contributed by atoms with Gasteiger partial charge in [0.1, 0.15) is 11.6 Å². The van der Waals surface area contributed by atoms with Crippen LogP contribution in [0.25, 0.3) is 0 Å². The number of pyridine rings is 1. The quantitative estimate of drug-likeness (QED) is 0.839. The molecule has 0 radical (unpaired) electrons. The highest BCUT2D eigenvalue weighted by atomic mass is 32.2. The van der Waals surface area contributed by atoms with E-state index in [4.69, 9.17) is 0 Å². The van der Waals surface area contributed by atoms with Gasteiger partial charge in [0.25, 0.3) is 0 Å². The summed E-state index contributed by atoms with van der Waals surface area (Å²) in [6.45, 7) is 1.29. The van der Waals surface area contributed by atoms with Gasteiger partial charge < -0.3 is 5.32 Å². The van der Waals surface area contributed by atoms with Crippen molar-refractivity contribution in [1.82, 2.24) is 10.3 Å². The Hall–Kier alpha value is -1.21. The van der Waals surface area contributed by atoms with Crippen molar-refractivity contribution in [1.29, 1.82) is 0 Å². The van der Waals surface area contributed by atoms with Gasteiger partial charge in [-0.1, -0.05) is 0 Å². The fourth-order valence-electron chi connectivity index (χ4n) is 1.75. The summed E-state index contributed by atoms with van der Waals surface area (Å²) < 4.78 is 38.9. The zero-order chi connectivity index (χ0) is 12.3. The zero-order valence-corrected chi connectivity index (χ0v) is 10.0. The van der Waals surface area contributed by atoms with E-state index in [0.29, 0.717) is 13.0 Å². The number of anilines is 1. The second-order valence-corrected chi connectivity index (χ2v) is 5.94. The van der Waals surface area contributed by atoms with Crippen LogP contribution in [0.3, 0.4) is 0 Å². The number of hydrogen-bond donors (Lipinski definition) is 2. The Kier molecular flexibility index (Phi) is 3.58. The molecule has 2 rings (SSSR count). The lowest BCUT2D eigenvalue weighted by Gasteiger charge is -2.23.